The molecule has 0 spiro atoms. The monoisotopic (exact) mass is 596 g/mol. The average Bonchev–Trinajstić information content (AvgIpc) is 3.36. The normalized spacial score (nSPS) is 29.9. The molecule has 0 amide bonds. The minimum atomic E-state index is -5.63. The number of esters is 1. The summed E-state index contributed by atoms with van der Waals surface area (Å²) in [6.07, 6.45) is 7.90. The maximum Gasteiger partial charge on any atom is 0.466 e. The molecule has 5 aliphatic rings. The Balaban J connectivity index is 1.28. The first-order valence-electron chi connectivity index (χ1n) is 14.6. The van der Waals surface area contributed by atoms with Crippen LogP contribution in [0.25, 0.3) is 10.8 Å². The van der Waals surface area contributed by atoms with Crippen LogP contribution in [-0.2, 0) is 23.3 Å². The van der Waals surface area contributed by atoms with Gasteiger partial charge in [-0.2, -0.15) is 17.2 Å². The number of ether oxygens (including phenoxy) is 2. The van der Waals surface area contributed by atoms with Crippen LogP contribution in [0.4, 0.5) is 8.78 Å². The van der Waals surface area contributed by atoms with Crippen LogP contribution in [0.3, 0.4) is 0 Å². The van der Waals surface area contributed by atoms with Gasteiger partial charge < -0.3 is 9.47 Å². The van der Waals surface area contributed by atoms with Gasteiger partial charge in [0.2, 0.25) is 0 Å². The number of benzene rings is 2. The highest BCUT2D eigenvalue weighted by molar-refractivity contribution is 8.33. The Morgan fingerprint density at radius 1 is 0.975 bits per heavy atom. The standard InChI is InChI=1S/C30H38F2O6S2/c1-2-3-12-36-26-10-11-27(25-9-5-4-8-24(25)26)39(13-6-7-14-39)38-40(34,35)30(31,32)28(33)37-29-18-21-15-22(19-29)17-23(16-21)20-29/h4-5,8-11,21-23H,2-3,6-7,12-20H2,1H3. The zero-order chi connectivity index (χ0) is 28.2. The molecule has 0 aromatic heterocycles. The minimum Gasteiger partial charge on any atom is -0.493 e. The molecule has 1 heterocycles. The topological polar surface area (TPSA) is 78.9 Å². The summed E-state index contributed by atoms with van der Waals surface area (Å²) in [4.78, 5) is 13.5. The third kappa shape index (κ3) is 4.91. The molecule has 0 radical (unpaired) electrons. The predicted octanol–water partition coefficient (Wildman–Crippen LogP) is 7.34. The van der Waals surface area contributed by atoms with Crippen molar-refractivity contribution in [3.05, 3.63) is 36.4 Å². The van der Waals surface area contributed by atoms with Crippen LogP contribution in [-0.4, -0.2) is 43.4 Å². The van der Waals surface area contributed by atoms with E-state index in [9.17, 15) is 13.2 Å². The third-order valence-electron chi connectivity index (χ3n) is 9.26. The van der Waals surface area contributed by atoms with E-state index in [1.165, 1.54) is 0 Å². The molecule has 4 aliphatic carbocycles. The van der Waals surface area contributed by atoms with Crippen LogP contribution in [0.1, 0.15) is 71.1 Å². The molecule has 5 fully saturated rings. The number of alkyl halides is 2. The van der Waals surface area contributed by atoms with Crippen LogP contribution in [0.2, 0.25) is 0 Å². The van der Waals surface area contributed by atoms with Gasteiger partial charge in [-0.3, -0.25) is 0 Å². The van der Waals surface area contributed by atoms with Crippen LogP contribution < -0.4 is 4.74 Å². The lowest BCUT2D eigenvalue weighted by Gasteiger charge is -2.55. The van der Waals surface area contributed by atoms with Gasteiger partial charge in [0.25, 0.3) is 0 Å². The van der Waals surface area contributed by atoms with Gasteiger partial charge in [-0.05, 0) is 93.1 Å². The zero-order valence-corrected chi connectivity index (χ0v) is 24.5. The van der Waals surface area contributed by atoms with Crippen molar-refractivity contribution in [3.63, 3.8) is 0 Å². The summed E-state index contributed by atoms with van der Waals surface area (Å²) in [6.45, 7) is 2.62. The van der Waals surface area contributed by atoms with Gasteiger partial charge in [0.15, 0.2) is 0 Å². The van der Waals surface area contributed by atoms with E-state index in [0.717, 1.165) is 42.9 Å². The van der Waals surface area contributed by atoms with Crippen molar-refractivity contribution in [1.29, 1.82) is 0 Å². The predicted molar refractivity (Wildman–Crippen MR) is 151 cm³/mol. The largest absolute Gasteiger partial charge is 0.493 e. The highest BCUT2D eigenvalue weighted by atomic mass is 32.3. The molecular weight excluding hydrogens is 558 g/mol. The van der Waals surface area contributed by atoms with Crippen molar-refractivity contribution in [3.8, 4) is 5.75 Å². The van der Waals surface area contributed by atoms with Gasteiger partial charge in [-0.1, -0.05) is 47.9 Å². The minimum absolute atomic E-state index is 0.326. The second kappa shape index (κ2) is 10.4. The van der Waals surface area contributed by atoms with Crippen molar-refractivity contribution < 1.29 is 35.1 Å². The Morgan fingerprint density at radius 2 is 1.57 bits per heavy atom. The van der Waals surface area contributed by atoms with Crippen LogP contribution in [0, 0.1) is 17.8 Å². The van der Waals surface area contributed by atoms with Crippen molar-refractivity contribution in [2.75, 3.05) is 18.1 Å². The smallest absolute Gasteiger partial charge is 0.466 e. The Morgan fingerprint density at radius 3 is 2.17 bits per heavy atom. The molecule has 2 aromatic carbocycles. The van der Waals surface area contributed by atoms with Gasteiger partial charge in [-0.15, -0.1) is 0 Å². The fraction of sp³-hybridized carbons (Fsp3) is 0.633. The molecule has 1 saturated heterocycles. The first-order valence-corrected chi connectivity index (χ1v) is 17.9. The number of unbranched alkanes of at least 4 members (excludes halogenated alkanes) is 1. The summed E-state index contributed by atoms with van der Waals surface area (Å²) in [5.41, 5.74) is -0.980. The van der Waals surface area contributed by atoms with E-state index in [1.807, 2.05) is 24.3 Å². The molecule has 6 nitrogen and oxygen atoms in total. The Hall–Kier alpha value is -1.91. The number of hydrogen-bond donors (Lipinski definition) is 0. The van der Waals surface area contributed by atoms with E-state index in [4.69, 9.17) is 13.1 Å². The lowest BCUT2D eigenvalue weighted by Crippen LogP contribution is -2.55. The SMILES string of the molecule is CCCCOc1ccc(S2(OS(=O)(=O)C(F)(F)C(=O)OC34CC5CC(CC(C5)C3)C4)CCCC2)c2ccccc12. The third-order valence-corrected chi connectivity index (χ3v) is 14.9. The lowest BCUT2D eigenvalue weighted by atomic mass is 9.54. The Labute approximate surface area is 236 Å². The fourth-order valence-electron chi connectivity index (χ4n) is 7.85. The number of carbonyl (C=O) groups is 1. The van der Waals surface area contributed by atoms with Crippen molar-refractivity contribution >= 4 is 37.2 Å². The van der Waals surface area contributed by atoms with Crippen molar-refractivity contribution in [2.24, 2.45) is 17.8 Å². The zero-order valence-electron chi connectivity index (χ0n) is 22.9. The molecule has 40 heavy (non-hydrogen) atoms. The molecule has 10 heteroatoms. The summed E-state index contributed by atoms with van der Waals surface area (Å²) < 4.78 is 74.8. The highest BCUT2D eigenvalue weighted by Gasteiger charge is 2.62. The molecular formula is C30H38F2O6S2. The molecule has 4 bridgehead atoms. The Bertz CT molecular complexity index is 1350. The van der Waals surface area contributed by atoms with Crippen molar-refractivity contribution in [1.82, 2.24) is 0 Å². The quantitative estimate of drug-likeness (QED) is 0.211. The first-order chi connectivity index (χ1) is 19.1. The molecule has 4 saturated carbocycles. The number of carbonyl (C=O) groups excluding carboxylic acids is 1. The van der Waals surface area contributed by atoms with Gasteiger partial charge in [0, 0.05) is 21.8 Å². The van der Waals surface area contributed by atoms with Gasteiger partial charge in [0.1, 0.15) is 11.4 Å². The second-order valence-corrected chi connectivity index (χ2v) is 17.1. The first kappa shape index (κ1) is 28.2. The summed E-state index contributed by atoms with van der Waals surface area (Å²) in [5, 5.41) is -3.29. The maximum atomic E-state index is 15.6. The van der Waals surface area contributed by atoms with E-state index < -0.39 is 37.3 Å². The number of halogens is 2. The Kier molecular flexibility index (Phi) is 7.35. The number of rotatable bonds is 10. The second-order valence-electron chi connectivity index (χ2n) is 12.3. The summed E-state index contributed by atoms with van der Waals surface area (Å²) in [7, 11) is -8.30. The average molecular weight is 597 g/mol. The molecule has 0 atom stereocenters. The van der Waals surface area contributed by atoms with Crippen LogP contribution >= 0.6 is 10.3 Å². The highest BCUT2D eigenvalue weighted by Crippen LogP contribution is 2.65. The number of fused-ring (bicyclic) bond motifs is 1. The van der Waals surface area contributed by atoms with Gasteiger partial charge in [-0.25, -0.2) is 8.42 Å². The summed E-state index contributed by atoms with van der Waals surface area (Å²) in [6, 6.07) is 11.0. The van der Waals surface area contributed by atoms with E-state index in [-0.39, 0.29) is 0 Å². The van der Waals surface area contributed by atoms with Crippen LogP contribution in [0.15, 0.2) is 41.3 Å². The maximum absolute atomic E-state index is 15.6. The lowest BCUT2D eigenvalue weighted by molar-refractivity contribution is -0.201. The van der Waals surface area contributed by atoms with Gasteiger partial charge in [0.05, 0.1) is 6.61 Å². The van der Waals surface area contributed by atoms with Crippen LogP contribution in [0.5, 0.6) is 5.75 Å². The number of hydrogen-bond acceptors (Lipinski definition) is 6. The molecule has 7 rings (SSSR count). The molecule has 2 aromatic rings. The summed E-state index contributed by atoms with van der Waals surface area (Å²) in [5.74, 6) is 0.384. The van der Waals surface area contributed by atoms with E-state index in [1.54, 1.807) is 12.1 Å². The molecule has 220 valence electrons. The van der Waals surface area contributed by atoms with E-state index in [0.29, 0.717) is 78.6 Å². The van der Waals surface area contributed by atoms with Gasteiger partial charge >= 0.3 is 21.3 Å². The van der Waals surface area contributed by atoms with E-state index >= 15 is 8.78 Å². The molecule has 0 N–H and O–H groups in total. The summed E-state index contributed by atoms with van der Waals surface area (Å²) >= 11 is 0. The molecule has 1 aliphatic heterocycles. The van der Waals surface area contributed by atoms with E-state index in [2.05, 4.69) is 6.92 Å². The fourth-order valence-corrected chi connectivity index (χ4v) is 13.5. The molecule has 0 unspecified atom stereocenters. The van der Waals surface area contributed by atoms with Crippen molar-refractivity contribution in [2.45, 2.75) is 86.9 Å².